The fourth-order valence-corrected chi connectivity index (χ4v) is 1.40. The number of aromatic carboxylic acids is 1. The first kappa shape index (κ1) is 13.7. The zero-order valence-corrected chi connectivity index (χ0v) is 9.16. The van der Waals surface area contributed by atoms with Gasteiger partial charge in [0.25, 0.3) is 0 Å². The number of ketones is 1. The number of aliphatic carboxylic acids is 1. The molecule has 0 fully saturated rings. The number of carboxylic acid groups (broad SMARTS) is 2. The molecule has 0 amide bonds. The van der Waals surface area contributed by atoms with Crippen LogP contribution in [0.4, 0.5) is 0 Å². The van der Waals surface area contributed by atoms with Crippen molar-refractivity contribution in [1.29, 1.82) is 0 Å². The molecule has 0 saturated carbocycles. The first-order valence-electron chi connectivity index (χ1n) is 4.91. The highest BCUT2D eigenvalue weighted by atomic mass is 16.4. The molecule has 0 radical (unpaired) electrons. The maximum Gasteiger partial charge on any atom is 0.339 e. The molecule has 1 aromatic carbocycles. The molecule has 0 spiro atoms. The van der Waals surface area contributed by atoms with Crippen LogP contribution in [-0.4, -0.2) is 39.1 Å². The fourth-order valence-electron chi connectivity index (χ4n) is 1.40. The van der Waals surface area contributed by atoms with Gasteiger partial charge >= 0.3 is 11.9 Å². The quantitative estimate of drug-likeness (QED) is 0.545. The van der Waals surface area contributed by atoms with Crippen LogP contribution in [0, 0.1) is 0 Å². The van der Waals surface area contributed by atoms with Gasteiger partial charge in [-0.25, -0.2) is 4.79 Å². The molecule has 96 valence electrons. The molecule has 7 heteroatoms. The second kappa shape index (κ2) is 5.28. The molecule has 0 aliphatic rings. The van der Waals surface area contributed by atoms with E-state index in [2.05, 4.69) is 0 Å². The van der Waals surface area contributed by atoms with E-state index < -0.39 is 41.5 Å². The number of carbonyl (C=O) groups excluding carboxylic acids is 1. The molecule has 5 N–H and O–H groups in total. The Balaban J connectivity index is 3.10. The number of carbonyl (C=O) groups is 3. The van der Waals surface area contributed by atoms with Crippen molar-refractivity contribution in [2.75, 3.05) is 0 Å². The van der Waals surface area contributed by atoms with Gasteiger partial charge < -0.3 is 21.1 Å². The predicted molar refractivity (Wildman–Crippen MR) is 59.6 cm³/mol. The largest absolute Gasteiger partial charge is 0.506 e. The van der Waals surface area contributed by atoms with E-state index in [1.54, 1.807) is 0 Å². The molecule has 0 aliphatic heterocycles. The van der Waals surface area contributed by atoms with E-state index in [1.165, 1.54) is 12.1 Å². The Morgan fingerprint density at radius 1 is 1.17 bits per heavy atom. The van der Waals surface area contributed by atoms with E-state index in [9.17, 15) is 19.5 Å². The van der Waals surface area contributed by atoms with Gasteiger partial charge in [0, 0.05) is 0 Å². The van der Waals surface area contributed by atoms with Gasteiger partial charge in [0.1, 0.15) is 11.3 Å². The summed E-state index contributed by atoms with van der Waals surface area (Å²) in [7, 11) is 0. The third-order valence-electron chi connectivity index (χ3n) is 2.26. The number of aromatic hydroxyl groups is 1. The van der Waals surface area contributed by atoms with Gasteiger partial charge in [0.2, 0.25) is 0 Å². The van der Waals surface area contributed by atoms with Gasteiger partial charge in [-0.15, -0.1) is 0 Å². The lowest BCUT2D eigenvalue weighted by Gasteiger charge is -2.10. The Bertz CT molecular complexity index is 510. The summed E-state index contributed by atoms with van der Waals surface area (Å²) >= 11 is 0. The number of hydrogen-bond donors (Lipinski definition) is 4. The minimum atomic E-state index is -1.39. The van der Waals surface area contributed by atoms with Gasteiger partial charge in [0.05, 0.1) is 18.0 Å². The summed E-state index contributed by atoms with van der Waals surface area (Å²) < 4.78 is 0. The van der Waals surface area contributed by atoms with Gasteiger partial charge in [0.15, 0.2) is 5.78 Å². The average molecular weight is 253 g/mol. The SMILES string of the molecule is N[C@@H](CC(=O)O)C(=O)c1cccc(C(=O)O)c1O. The summed E-state index contributed by atoms with van der Waals surface area (Å²) in [5, 5.41) is 26.9. The lowest BCUT2D eigenvalue weighted by molar-refractivity contribution is -0.137. The molecule has 0 bridgehead atoms. The van der Waals surface area contributed by atoms with Crippen LogP contribution in [-0.2, 0) is 4.79 Å². The summed E-state index contributed by atoms with van der Waals surface area (Å²) in [5.41, 5.74) is 4.61. The molecule has 0 saturated heterocycles. The number of phenols is 1. The number of nitrogens with two attached hydrogens (primary N) is 1. The van der Waals surface area contributed by atoms with Crippen LogP contribution < -0.4 is 5.73 Å². The Morgan fingerprint density at radius 3 is 2.22 bits per heavy atom. The standard InChI is InChI=1S/C11H11NO6/c12-7(4-8(13)14)10(16)5-2-1-3-6(9(5)15)11(17)18/h1-3,7,15H,4,12H2,(H,13,14)(H,17,18)/t7-/m0/s1. The zero-order valence-electron chi connectivity index (χ0n) is 9.16. The maximum absolute atomic E-state index is 11.7. The van der Waals surface area contributed by atoms with Crippen LogP contribution in [0.25, 0.3) is 0 Å². The first-order chi connectivity index (χ1) is 8.34. The molecule has 0 aliphatic carbocycles. The number of hydrogen-bond acceptors (Lipinski definition) is 5. The third-order valence-corrected chi connectivity index (χ3v) is 2.26. The van der Waals surface area contributed by atoms with Crippen LogP contribution in [0.3, 0.4) is 0 Å². The number of Topliss-reactive ketones (excluding diaryl/α,β-unsaturated/α-hetero) is 1. The van der Waals surface area contributed by atoms with Crippen LogP contribution in [0.2, 0.25) is 0 Å². The van der Waals surface area contributed by atoms with Crippen molar-refractivity contribution in [3.63, 3.8) is 0 Å². The van der Waals surface area contributed by atoms with Crippen molar-refractivity contribution in [3.05, 3.63) is 29.3 Å². The summed E-state index contributed by atoms with van der Waals surface area (Å²) in [5.74, 6) is -4.19. The second-order valence-corrected chi connectivity index (χ2v) is 3.58. The van der Waals surface area contributed by atoms with Crippen molar-refractivity contribution in [2.45, 2.75) is 12.5 Å². The molecule has 1 aromatic rings. The Hall–Kier alpha value is -2.41. The normalized spacial score (nSPS) is 11.8. The predicted octanol–water partition coefficient (Wildman–Crippen LogP) is 0.0751. The van der Waals surface area contributed by atoms with Crippen LogP contribution in [0.1, 0.15) is 27.1 Å². The van der Waals surface area contributed by atoms with E-state index >= 15 is 0 Å². The Morgan fingerprint density at radius 2 is 1.72 bits per heavy atom. The van der Waals surface area contributed by atoms with E-state index in [4.69, 9.17) is 15.9 Å². The lowest BCUT2D eigenvalue weighted by Crippen LogP contribution is -2.33. The zero-order chi connectivity index (χ0) is 13.9. The van der Waals surface area contributed by atoms with Crippen molar-refractivity contribution < 1.29 is 29.7 Å². The summed E-state index contributed by atoms with van der Waals surface area (Å²) in [6, 6.07) is 2.24. The molecule has 0 aromatic heterocycles. The van der Waals surface area contributed by atoms with Gasteiger partial charge in [-0.05, 0) is 12.1 Å². The molecular formula is C11H11NO6. The maximum atomic E-state index is 11.7. The molecule has 0 unspecified atom stereocenters. The fraction of sp³-hybridized carbons (Fsp3) is 0.182. The molecule has 0 heterocycles. The lowest BCUT2D eigenvalue weighted by atomic mass is 9.99. The van der Waals surface area contributed by atoms with Crippen molar-refractivity contribution in [2.24, 2.45) is 5.73 Å². The van der Waals surface area contributed by atoms with E-state index in [0.29, 0.717) is 0 Å². The molecule has 18 heavy (non-hydrogen) atoms. The minimum Gasteiger partial charge on any atom is -0.506 e. The summed E-state index contributed by atoms with van der Waals surface area (Å²) in [6.45, 7) is 0. The minimum absolute atomic E-state index is 0.302. The van der Waals surface area contributed by atoms with Gasteiger partial charge in [-0.1, -0.05) is 6.07 Å². The van der Waals surface area contributed by atoms with E-state index in [0.717, 1.165) is 6.07 Å². The second-order valence-electron chi connectivity index (χ2n) is 3.58. The van der Waals surface area contributed by atoms with E-state index in [-0.39, 0.29) is 5.56 Å². The third kappa shape index (κ3) is 2.83. The molecular weight excluding hydrogens is 242 g/mol. The van der Waals surface area contributed by atoms with Gasteiger partial charge in [-0.2, -0.15) is 0 Å². The number of carboxylic acids is 2. The Labute approximate surface area is 101 Å². The number of benzene rings is 1. The highest BCUT2D eigenvalue weighted by Gasteiger charge is 2.24. The monoisotopic (exact) mass is 253 g/mol. The molecule has 1 atom stereocenters. The average Bonchev–Trinajstić information content (AvgIpc) is 2.27. The van der Waals surface area contributed by atoms with Crippen LogP contribution in [0.15, 0.2) is 18.2 Å². The highest BCUT2D eigenvalue weighted by Crippen LogP contribution is 2.23. The highest BCUT2D eigenvalue weighted by molar-refractivity contribution is 6.06. The number of para-hydroxylation sites is 1. The Kier molecular flexibility index (Phi) is 4.01. The number of rotatable bonds is 5. The first-order valence-corrected chi connectivity index (χ1v) is 4.91. The summed E-state index contributed by atoms with van der Waals surface area (Å²) in [4.78, 5) is 32.9. The van der Waals surface area contributed by atoms with Crippen molar-refractivity contribution in [3.8, 4) is 5.75 Å². The smallest absolute Gasteiger partial charge is 0.339 e. The van der Waals surface area contributed by atoms with Crippen LogP contribution in [0.5, 0.6) is 5.75 Å². The topological polar surface area (TPSA) is 138 Å². The van der Waals surface area contributed by atoms with Crippen molar-refractivity contribution >= 4 is 17.7 Å². The summed E-state index contributed by atoms with van der Waals surface area (Å²) in [6.07, 6.45) is -0.602. The van der Waals surface area contributed by atoms with Crippen LogP contribution >= 0.6 is 0 Å². The van der Waals surface area contributed by atoms with Crippen molar-refractivity contribution in [1.82, 2.24) is 0 Å². The molecule has 7 nitrogen and oxygen atoms in total. The van der Waals surface area contributed by atoms with E-state index in [1.807, 2.05) is 0 Å². The molecule has 1 rings (SSSR count). The van der Waals surface area contributed by atoms with Gasteiger partial charge in [-0.3, -0.25) is 9.59 Å².